The average Bonchev–Trinajstić information content (AvgIpc) is 3.54. The summed E-state index contributed by atoms with van der Waals surface area (Å²) < 4.78 is 67.9. The highest BCUT2D eigenvalue weighted by atomic mass is 31.2. The molecule has 0 bridgehead atoms. The highest BCUT2D eigenvalue weighted by molar-refractivity contribution is 7.47. The molecule has 0 aliphatic heterocycles. The minimum atomic E-state index is -4.95. The first-order valence-corrected chi connectivity index (χ1v) is 37.3. The van der Waals surface area contributed by atoms with Gasteiger partial charge in [-0.2, -0.15) is 0 Å². The average molecular weight is 1260 g/mol. The number of carbonyl (C=O) groups excluding carboxylic acids is 4. The van der Waals surface area contributed by atoms with Gasteiger partial charge in [0.25, 0.3) is 0 Å². The molecule has 17 nitrogen and oxygen atoms in total. The number of rotatable bonds is 64. The zero-order chi connectivity index (χ0) is 63.1. The largest absolute Gasteiger partial charge is 0.472 e. The quantitative estimate of drug-likeness (QED) is 0.0222. The molecule has 0 rings (SSSR count). The second kappa shape index (κ2) is 57.2. The van der Waals surface area contributed by atoms with E-state index >= 15 is 0 Å². The van der Waals surface area contributed by atoms with Gasteiger partial charge in [-0.05, 0) is 43.4 Å². The molecule has 19 heteroatoms. The van der Waals surface area contributed by atoms with Gasteiger partial charge in [-0.1, -0.05) is 273 Å². The van der Waals surface area contributed by atoms with Crippen LogP contribution in [-0.4, -0.2) is 96.7 Å². The van der Waals surface area contributed by atoms with Gasteiger partial charge >= 0.3 is 39.5 Å². The van der Waals surface area contributed by atoms with E-state index in [0.717, 1.165) is 108 Å². The number of hydrogen-bond donors (Lipinski definition) is 3. The fraction of sp³-hybridized carbons (Fsp3) is 0.939. The van der Waals surface area contributed by atoms with Gasteiger partial charge in [0.05, 0.1) is 26.4 Å². The van der Waals surface area contributed by atoms with Crippen LogP contribution in [0.3, 0.4) is 0 Å². The van der Waals surface area contributed by atoms with Crippen molar-refractivity contribution < 1.29 is 80.2 Å². The lowest BCUT2D eigenvalue weighted by Gasteiger charge is -2.21. The normalized spacial score (nSPS) is 14.3. The maximum Gasteiger partial charge on any atom is 0.472 e. The molecule has 0 saturated carbocycles. The van der Waals surface area contributed by atoms with Crippen molar-refractivity contribution in [3.8, 4) is 0 Å². The molecule has 0 aliphatic carbocycles. The molecule has 0 saturated heterocycles. The molecular weight excluding hydrogens is 1130 g/mol. The SMILES string of the molecule is CCCCCCCC(=O)OC[C@H](COP(=O)(O)OC[C@H](O)COP(=O)(O)OC[C@@H](COC(=O)CCCCCCCCCCCCCC(C)C)OC(=O)CCCCCCCCCCCCCCCC(C)C)OC(=O)CCCCCCCCCC(C)C. The molecule has 0 fully saturated rings. The van der Waals surface area contributed by atoms with E-state index in [1.807, 2.05) is 0 Å². The summed E-state index contributed by atoms with van der Waals surface area (Å²) in [5.41, 5.74) is 0. The van der Waals surface area contributed by atoms with E-state index < -0.39 is 97.5 Å². The number of esters is 4. The van der Waals surface area contributed by atoms with Gasteiger partial charge in [0.1, 0.15) is 19.3 Å². The maximum absolute atomic E-state index is 13.0. The molecule has 0 aromatic rings. The molecule has 0 radical (unpaired) electrons. The van der Waals surface area contributed by atoms with Crippen LogP contribution < -0.4 is 0 Å². The molecule has 2 unspecified atom stereocenters. The first-order chi connectivity index (χ1) is 40.7. The predicted molar refractivity (Wildman–Crippen MR) is 340 cm³/mol. The first-order valence-electron chi connectivity index (χ1n) is 34.3. The van der Waals surface area contributed by atoms with Crippen molar-refractivity contribution in [2.24, 2.45) is 17.8 Å². The van der Waals surface area contributed by atoms with Crippen molar-refractivity contribution in [1.29, 1.82) is 0 Å². The van der Waals surface area contributed by atoms with Crippen LogP contribution in [0.25, 0.3) is 0 Å². The number of hydrogen-bond acceptors (Lipinski definition) is 15. The molecule has 0 aromatic carbocycles. The summed E-state index contributed by atoms with van der Waals surface area (Å²) in [7, 11) is -9.88. The lowest BCUT2D eigenvalue weighted by atomic mass is 10.0. The highest BCUT2D eigenvalue weighted by Crippen LogP contribution is 2.45. The minimum absolute atomic E-state index is 0.102. The third-order valence-corrected chi connectivity index (χ3v) is 17.0. The summed E-state index contributed by atoms with van der Waals surface area (Å²) in [5, 5.41) is 10.5. The molecule has 3 N–H and O–H groups in total. The second-order valence-corrected chi connectivity index (χ2v) is 28.2. The van der Waals surface area contributed by atoms with Gasteiger partial charge in [0.15, 0.2) is 12.2 Å². The summed E-state index contributed by atoms with van der Waals surface area (Å²) in [5.74, 6) is 0.109. The fourth-order valence-electron chi connectivity index (χ4n) is 9.83. The van der Waals surface area contributed by atoms with Gasteiger partial charge in [0, 0.05) is 25.7 Å². The Hall–Kier alpha value is -1.94. The Kier molecular flexibility index (Phi) is 55.9. The summed E-state index contributed by atoms with van der Waals surface area (Å²) in [6.07, 6.45) is 39.4. The summed E-state index contributed by atoms with van der Waals surface area (Å²) >= 11 is 0. The highest BCUT2D eigenvalue weighted by Gasteiger charge is 2.30. The maximum atomic E-state index is 13.0. The van der Waals surface area contributed by atoms with E-state index in [-0.39, 0.29) is 25.7 Å². The number of phosphoric acid groups is 2. The molecule has 85 heavy (non-hydrogen) atoms. The van der Waals surface area contributed by atoms with Gasteiger partial charge in [-0.25, -0.2) is 9.13 Å². The number of ether oxygens (including phenoxy) is 4. The standard InChI is InChI=1S/C66H128O17P2/c1-8-9-10-30-40-47-63(68)76-53-61(82-66(71)50-43-36-29-23-26-33-39-46-59(6)7)55-80-84(72,73)78-51-60(67)52-79-85(74,75)81-56-62(54-77-64(69)48-41-34-27-21-18-14-16-20-25-32-38-45-58(4)5)83-65(70)49-42-35-28-22-17-13-11-12-15-19-24-31-37-44-57(2)3/h57-62,67H,8-56H2,1-7H3,(H,72,73)(H,74,75)/t60-,61+,62+/m0/s1. The van der Waals surface area contributed by atoms with Crippen molar-refractivity contribution in [2.75, 3.05) is 39.6 Å². The molecule has 0 aliphatic rings. The summed E-state index contributed by atoms with van der Waals surface area (Å²) in [6, 6.07) is 0. The van der Waals surface area contributed by atoms with Crippen LogP contribution in [0, 0.1) is 17.8 Å². The lowest BCUT2D eigenvalue weighted by Crippen LogP contribution is -2.30. The van der Waals surface area contributed by atoms with E-state index in [4.69, 9.17) is 37.0 Å². The minimum Gasteiger partial charge on any atom is -0.462 e. The molecular formula is C66H128O17P2. The lowest BCUT2D eigenvalue weighted by molar-refractivity contribution is -0.161. The number of unbranched alkanes of at least 4 members (excludes halogenated alkanes) is 32. The van der Waals surface area contributed by atoms with Crippen LogP contribution in [0.1, 0.15) is 325 Å². The first kappa shape index (κ1) is 83.1. The van der Waals surface area contributed by atoms with Crippen molar-refractivity contribution >= 4 is 39.5 Å². The van der Waals surface area contributed by atoms with Gasteiger partial charge in [0.2, 0.25) is 0 Å². The Morgan fingerprint density at radius 3 is 0.800 bits per heavy atom. The molecule has 5 atom stereocenters. The van der Waals surface area contributed by atoms with Gasteiger partial charge < -0.3 is 33.8 Å². The molecule has 0 heterocycles. The van der Waals surface area contributed by atoms with Crippen molar-refractivity contribution in [3.63, 3.8) is 0 Å². The smallest absolute Gasteiger partial charge is 0.462 e. The Morgan fingerprint density at radius 1 is 0.318 bits per heavy atom. The topological polar surface area (TPSA) is 237 Å². The van der Waals surface area contributed by atoms with Crippen molar-refractivity contribution in [1.82, 2.24) is 0 Å². The number of aliphatic hydroxyl groups excluding tert-OH is 1. The zero-order valence-electron chi connectivity index (χ0n) is 55.1. The van der Waals surface area contributed by atoms with E-state index in [2.05, 4.69) is 48.5 Å². The molecule has 504 valence electrons. The van der Waals surface area contributed by atoms with Crippen molar-refractivity contribution in [2.45, 2.75) is 343 Å². The third-order valence-electron chi connectivity index (χ3n) is 15.1. The van der Waals surface area contributed by atoms with E-state index in [1.54, 1.807) is 0 Å². The zero-order valence-corrected chi connectivity index (χ0v) is 56.9. The Morgan fingerprint density at radius 2 is 0.541 bits per heavy atom. The number of phosphoric ester groups is 2. The third kappa shape index (κ3) is 60.7. The van der Waals surface area contributed by atoms with Crippen molar-refractivity contribution in [3.05, 3.63) is 0 Å². The second-order valence-electron chi connectivity index (χ2n) is 25.3. The molecule has 0 amide bonds. The van der Waals surface area contributed by atoms with Gasteiger partial charge in [-0.15, -0.1) is 0 Å². The molecule has 0 spiro atoms. The van der Waals surface area contributed by atoms with Crippen LogP contribution in [-0.2, 0) is 65.4 Å². The Labute approximate surface area is 517 Å². The van der Waals surface area contributed by atoms with Crippen LogP contribution >= 0.6 is 15.6 Å². The van der Waals surface area contributed by atoms with Crippen LogP contribution in [0.4, 0.5) is 0 Å². The summed E-state index contributed by atoms with van der Waals surface area (Å²) in [6.45, 7) is 11.7. The fourth-order valence-corrected chi connectivity index (χ4v) is 11.4. The van der Waals surface area contributed by atoms with Gasteiger partial charge in [-0.3, -0.25) is 37.3 Å². The predicted octanol–water partition coefficient (Wildman–Crippen LogP) is 18.3. The summed E-state index contributed by atoms with van der Waals surface area (Å²) in [4.78, 5) is 72.1. The number of aliphatic hydroxyl groups is 1. The Balaban J connectivity index is 5.17. The van der Waals surface area contributed by atoms with Crippen LogP contribution in [0.5, 0.6) is 0 Å². The monoisotopic (exact) mass is 1250 g/mol. The van der Waals surface area contributed by atoms with Crippen LogP contribution in [0.2, 0.25) is 0 Å². The Bertz CT molecular complexity index is 1680. The van der Waals surface area contributed by atoms with Crippen LogP contribution in [0.15, 0.2) is 0 Å². The van der Waals surface area contributed by atoms with E-state index in [1.165, 1.54) is 128 Å². The number of carbonyl (C=O) groups is 4. The molecule has 0 aromatic heterocycles. The van der Waals surface area contributed by atoms with E-state index in [9.17, 15) is 43.2 Å². The van der Waals surface area contributed by atoms with E-state index in [0.29, 0.717) is 31.6 Å².